The van der Waals surface area contributed by atoms with Crippen LogP contribution in [0.15, 0.2) is 0 Å². The molecule has 0 aromatic heterocycles. The molecular weight excluding hydrogens is 220 g/mol. The number of rotatable bonds is 2. The summed E-state index contributed by atoms with van der Waals surface area (Å²) in [6.07, 6.45) is 7.09. The van der Waals surface area contributed by atoms with Gasteiger partial charge in [-0.2, -0.15) is 0 Å². The van der Waals surface area contributed by atoms with E-state index in [-0.39, 0.29) is 0 Å². The average Bonchev–Trinajstić information content (AvgIpc) is 2.28. The van der Waals surface area contributed by atoms with E-state index in [1.54, 1.807) is 0 Å². The van der Waals surface area contributed by atoms with Gasteiger partial charge in [-0.1, -0.05) is 47.0 Å². The summed E-state index contributed by atoms with van der Waals surface area (Å²) in [6, 6.07) is 0. The van der Waals surface area contributed by atoms with Gasteiger partial charge in [0, 0.05) is 31.7 Å². The standard InChI is InChI=1S/C16H32N2/c1-14(15(2,3)4)12-18-11-10-17-16(13-18)8-6-5-7-9-16/h14,17H,5-13H2,1-4H3. The maximum atomic E-state index is 3.83. The molecule has 2 aliphatic rings. The van der Waals surface area contributed by atoms with Crippen molar-refractivity contribution in [1.29, 1.82) is 0 Å². The number of hydrogen-bond acceptors (Lipinski definition) is 2. The molecule has 0 bridgehead atoms. The molecule has 1 unspecified atom stereocenters. The molecule has 0 radical (unpaired) electrons. The normalized spacial score (nSPS) is 27.3. The van der Waals surface area contributed by atoms with Crippen LogP contribution in [-0.2, 0) is 0 Å². The Morgan fingerprint density at radius 1 is 1.17 bits per heavy atom. The third kappa shape index (κ3) is 3.48. The molecule has 1 spiro atoms. The molecule has 2 fully saturated rings. The van der Waals surface area contributed by atoms with Crippen molar-refractivity contribution in [2.75, 3.05) is 26.2 Å². The highest BCUT2D eigenvalue weighted by atomic mass is 15.2. The molecule has 0 aromatic rings. The van der Waals surface area contributed by atoms with Crippen LogP contribution in [0, 0.1) is 11.3 Å². The van der Waals surface area contributed by atoms with Gasteiger partial charge < -0.3 is 5.32 Å². The second-order valence-corrected chi connectivity index (χ2v) is 7.77. The van der Waals surface area contributed by atoms with E-state index in [4.69, 9.17) is 0 Å². The zero-order chi connectivity index (χ0) is 13.2. The zero-order valence-corrected chi connectivity index (χ0v) is 12.9. The first kappa shape index (κ1) is 14.3. The highest BCUT2D eigenvalue weighted by Crippen LogP contribution is 2.32. The first-order valence-corrected chi connectivity index (χ1v) is 7.89. The molecule has 1 saturated heterocycles. The predicted octanol–water partition coefficient (Wildman–Crippen LogP) is 3.28. The van der Waals surface area contributed by atoms with Crippen LogP contribution >= 0.6 is 0 Å². The Bertz CT molecular complexity index is 255. The summed E-state index contributed by atoms with van der Waals surface area (Å²) in [5.41, 5.74) is 0.901. The van der Waals surface area contributed by atoms with Crippen molar-refractivity contribution in [2.45, 2.75) is 65.3 Å². The Labute approximate surface area is 114 Å². The predicted molar refractivity (Wildman–Crippen MR) is 78.9 cm³/mol. The van der Waals surface area contributed by atoms with Crippen molar-refractivity contribution in [3.05, 3.63) is 0 Å². The lowest BCUT2D eigenvalue weighted by atomic mass is 9.78. The molecule has 18 heavy (non-hydrogen) atoms. The monoisotopic (exact) mass is 252 g/mol. The summed E-state index contributed by atoms with van der Waals surface area (Å²) in [6.45, 7) is 14.5. The van der Waals surface area contributed by atoms with Gasteiger partial charge in [-0.15, -0.1) is 0 Å². The first-order valence-electron chi connectivity index (χ1n) is 7.89. The third-order valence-electron chi connectivity index (χ3n) is 5.28. The summed E-state index contributed by atoms with van der Waals surface area (Å²) < 4.78 is 0. The molecule has 0 aromatic carbocycles. The second-order valence-electron chi connectivity index (χ2n) is 7.77. The van der Waals surface area contributed by atoms with Crippen LogP contribution < -0.4 is 5.32 Å². The fourth-order valence-corrected chi connectivity index (χ4v) is 3.42. The lowest BCUT2D eigenvalue weighted by Gasteiger charge is -2.47. The van der Waals surface area contributed by atoms with E-state index in [1.165, 1.54) is 58.3 Å². The third-order valence-corrected chi connectivity index (χ3v) is 5.28. The SMILES string of the molecule is CC(CN1CCNC2(CCCCC2)C1)C(C)(C)C. The molecule has 1 aliphatic heterocycles. The smallest absolute Gasteiger partial charge is 0.0309 e. The number of nitrogens with one attached hydrogen (secondary N) is 1. The van der Waals surface area contributed by atoms with E-state index < -0.39 is 0 Å². The fraction of sp³-hybridized carbons (Fsp3) is 1.00. The van der Waals surface area contributed by atoms with Crippen molar-refractivity contribution in [2.24, 2.45) is 11.3 Å². The minimum atomic E-state index is 0.435. The molecule has 1 aliphatic carbocycles. The van der Waals surface area contributed by atoms with Crippen molar-refractivity contribution in [1.82, 2.24) is 10.2 Å². The van der Waals surface area contributed by atoms with Crippen LogP contribution in [0.25, 0.3) is 0 Å². The summed E-state index contributed by atoms with van der Waals surface area (Å²) in [7, 11) is 0. The van der Waals surface area contributed by atoms with E-state index in [0.717, 1.165) is 5.92 Å². The van der Waals surface area contributed by atoms with Crippen molar-refractivity contribution < 1.29 is 0 Å². The second kappa shape index (κ2) is 5.50. The fourth-order valence-electron chi connectivity index (χ4n) is 3.42. The van der Waals surface area contributed by atoms with E-state index in [9.17, 15) is 0 Å². The Hall–Kier alpha value is -0.0800. The Morgan fingerprint density at radius 2 is 1.83 bits per heavy atom. The Balaban J connectivity index is 1.90. The van der Waals surface area contributed by atoms with E-state index in [0.29, 0.717) is 11.0 Å². The summed E-state index contributed by atoms with van der Waals surface area (Å²) >= 11 is 0. The first-order chi connectivity index (χ1) is 8.41. The quantitative estimate of drug-likeness (QED) is 0.811. The molecule has 2 heteroatoms. The van der Waals surface area contributed by atoms with Crippen LogP contribution in [0.5, 0.6) is 0 Å². The Morgan fingerprint density at radius 3 is 2.44 bits per heavy atom. The van der Waals surface area contributed by atoms with E-state index >= 15 is 0 Å². The van der Waals surface area contributed by atoms with Crippen LogP contribution in [0.3, 0.4) is 0 Å². The molecule has 1 N–H and O–H groups in total. The highest BCUT2D eigenvalue weighted by molar-refractivity contribution is 4.97. The molecule has 106 valence electrons. The van der Waals surface area contributed by atoms with Gasteiger partial charge >= 0.3 is 0 Å². The molecular formula is C16H32N2. The van der Waals surface area contributed by atoms with Crippen molar-refractivity contribution in [3.63, 3.8) is 0 Å². The highest BCUT2D eigenvalue weighted by Gasteiger charge is 2.36. The van der Waals surface area contributed by atoms with Gasteiger partial charge in [0.1, 0.15) is 0 Å². The summed E-state index contributed by atoms with van der Waals surface area (Å²) in [5, 5.41) is 3.83. The van der Waals surface area contributed by atoms with Gasteiger partial charge in [0.25, 0.3) is 0 Å². The zero-order valence-electron chi connectivity index (χ0n) is 12.9. The summed E-state index contributed by atoms with van der Waals surface area (Å²) in [4.78, 5) is 2.72. The van der Waals surface area contributed by atoms with Gasteiger partial charge in [0.05, 0.1) is 0 Å². The average molecular weight is 252 g/mol. The van der Waals surface area contributed by atoms with Crippen molar-refractivity contribution in [3.8, 4) is 0 Å². The van der Waals surface area contributed by atoms with Gasteiger partial charge in [0.15, 0.2) is 0 Å². The minimum absolute atomic E-state index is 0.435. The van der Waals surface area contributed by atoms with Gasteiger partial charge in [-0.3, -0.25) is 4.90 Å². The van der Waals surface area contributed by atoms with Gasteiger partial charge in [-0.05, 0) is 24.2 Å². The van der Waals surface area contributed by atoms with Crippen LogP contribution in [-0.4, -0.2) is 36.6 Å². The lowest BCUT2D eigenvalue weighted by molar-refractivity contribution is 0.0712. The Kier molecular flexibility index (Phi) is 4.38. The van der Waals surface area contributed by atoms with E-state index in [1.807, 2.05) is 0 Å². The van der Waals surface area contributed by atoms with Crippen LogP contribution in [0.4, 0.5) is 0 Å². The maximum absolute atomic E-state index is 3.83. The molecule has 1 heterocycles. The van der Waals surface area contributed by atoms with Crippen LogP contribution in [0.2, 0.25) is 0 Å². The number of hydrogen-bond donors (Lipinski definition) is 1. The maximum Gasteiger partial charge on any atom is 0.0309 e. The molecule has 2 rings (SSSR count). The van der Waals surface area contributed by atoms with Gasteiger partial charge in [0.2, 0.25) is 0 Å². The molecule has 2 nitrogen and oxygen atoms in total. The number of piperazine rings is 1. The van der Waals surface area contributed by atoms with Crippen molar-refractivity contribution >= 4 is 0 Å². The van der Waals surface area contributed by atoms with E-state index in [2.05, 4.69) is 37.9 Å². The summed E-state index contributed by atoms with van der Waals surface area (Å²) in [5.74, 6) is 0.774. The molecule has 1 atom stereocenters. The van der Waals surface area contributed by atoms with Crippen LogP contribution in [0.1, 0.15) is 59.8 Å². The number of nitrogens with zero attached hydrogens (tertiary/aromatic N) is 1. The van der Waals surface area contributed by atoms with Gasteiger partial charge in [-0.25, -0.2) is 0 Å². The molecule has 1 saturated carbocycles. The lowest BCUT2D eigenvalue weighted by Crippen LogP contribution is -2.61. The molecule has 0 amide bonds. The topological polar surface area (TPSA) is 15.3 Å². The largest absolute Gasteiger partial charge is 0.309 e. The minimum Gasteiger partial charge on any atom is -0.309 e.